The molecule has 138 valence electrons. The zero-order valence-electron chi connectivity index (χ0n) is 15.9. The molecule has 6 nitrogen and oxygen atoms in total. The van der Waals surface area contributed by atoms with Crippen molar-refractivity contribution in [2.45, 2.75) is 60.8 Å². The average Bonchev–Trinajstić information content (AvgIpc) is 2.48. The van der Waals surface area contributed by atoms with Gasteiger partial charge in [-0.25, -0.2) is 0 Å². The van der Waals surface area contributed by atoms with Gasteiger partial charge in [0.05, 0.1) is 31.7 Å². The first kappa shape index (κ1) is 23.6. The van der Waals surface area contributed by atoms with Crippen molar-refractivity contribution in [3.8, 4) is 0 Å². The van der Waals surface area contributed by atoms with E-state index in [1.807, 2.05) is 0 Å². The number of carbonyl (C=O) groups excluding carboxylic acids is 6. The summed E-state index contributed by atoms with van der Waals surface area (Å²) in [5, 5.41) is 0. The van der Waals surface area contributed by atoms with E-state index in [4.69, 9.17) is 0 Å². The lowest BCUT2D eigenvalue weighted by molar-refractivity contribution is -0.129. The van der Waals surface area contributed by atoms with Crippen LogP contribution in [0.1, 0.15) is 60.8 Å². The molecule has 0 aromatic heterocycles. The summed E-state index contributed by atoms with van der Waals surface area (Å²) in [6.07, 6.45) is 0.559. The van der Waals surface area contributed by atoms with Crippen molar-refractivity contribution < 1.29 is 28.8 Å². The maximum atomic E-state index is 12.9. The minimum Gasteiger partial charge on any atom is -0.319 e. The van der Waals surface area contributed by atoms with Gasteiger partial charge in [0.15, 0.2) is 0 Å². The molecule has 3 atom stereocenters. The van der Waals surface area contributed by atoms with Gasteiger partial charge >= 0.3 is 14.1 Å². The van der Waals surface area contributed by atoms with Crippen LogP contribution in [-0.4, -0.2) is 45.4 Å². The van der Waals surface area contributed by atoms with Crippen molar-refractivity contribution in [2.75, 3.05) is 0 Å². The summed E-state index contributed by atoms with van der Waals surface area (Å²) < 4.78 is -1.99. The Hall–Kier alpha value is -1.45. The minimum absolute atomic E-state index is 0.186. The first-order valence-electron chi connectivity index (χ1n) is 8.67. The normalized spacial score (nSPS) is 14.2. The van der Waals surface area contributed by atoms with Crippen molar-refractivity contribution in [1.82, 2.24) is 0 Å². The maximum Gasteiger partial charge on any atom is 0.551 e. The third-order valence-electron chi connectivity index (χ3n) is 4.58. The van der Waals surface area contributed by atoms with E-state index < -0.39 is 63.2 Å². The molecule has 0 aromatic carbocycles. The Morgan fingerprint density at radius 1 is 0.560 bits per heavy atom. The molecule has 0 aliphatic heterocycles. The van der Waals surface area contributed by atoms with Gasteiger partial charge in [0.2, 0.25) is 0 Å². The Kier molecular flexibility index (Phi) is 9.91. The van der Waals surface area contributed by atoms with E-state index in [1.165, 1.54) is 20.8 Å². The highest BCUT2D eigenvalue weighted by atomic mass is 27.2. The van der Waals surface area contributed by atoms with Crippen molar-refractivity contribution in [1.29, 1.82) is 0 Å². The largest absolute Gasteiger partial charge is 0.551 e. The van der Waals surface area contributed by atoms with Crippen LogP contribution in [0, 0.1) is 17.8 Å². The molecular weight excluding hydrogens is 339 g/mol. The van der Waals surface area contributed by atoms with Crippen molar-refractivity contribution in [2.24, 2.45) is 17.8 Å². The van der Waals surface area contributed by atoms with Gasteiger partial charge in [0.25, 0.3) is 0 Å². The summed E-state index contributed by atoms with van der Waals surface area (Å²) in [5.41, 5.74) is 0. The van der Waals surface area contributed by atoms with Gasteiger partial charge in [-0.15, -0.1) is 0 Å². The first-order chi connectivity index (χ1) is 11.5. The number of rotatable bonds is 12. The molecule has 25 heavy (non-hydrogen) atoms. The van der Waals surface area contributed by atoms with Crippen molar-refractivity contribution in [3.63, 3.8) is 0 Å². The van der Waals surface area contributed by atoms with Gasteiger partial charge in [0.1, 0.15) is 17.3 Å². The fourth-order valence-electron chi connectivity index (χ4n) is 3.09. The molecule has 0 saturated heterocycles. The highest BCUT2D eigenvalue weighted by Crippen LogP contribution is 2.19. The topological polar surface area (TPSA) is 102 Å². The number of Topliss-reactive ketones (excluding diaryl/α,β-unsaturated/α-hetero) is 3. The van der Waals surface area contributed by atoms with Gasteiger partial charge in [-0.3, -0.25) is 14.4 Å². The van der Waals surface area contributed by atoms with Crippen LogP contribution in [0.25, 0.3) is 0 Å². The highest BCUT2D eigenvalue weighted by Gasteiger charge is 2.51. The van der Waals surface area contributed by atoms with E-state index in [1.54, 1.807) is 20.8 Å². The Balaban J connectivity index is 6.13. The molecule has 0 spiro atoms. The highest BCUT2D eigenvalue weighted by molar-refractivity contribution is 7.28. The number of hydrogen-bond donors (Lipinski definition) is 0. The lowest BCUT2D eigenvalue weighted by atomic mass is 10.0. The second-order valence-electron chi connectivity index (χ2n) is 6.35. The number of ketones is 3. The van der Waals surface area contributed by atoms with E-state index in [2.05, 4.69) is 0 Å². The van der Waals surface area contributed by atoms with Gasteiger partial charge in [-0.1, -0.05) is 20.8 Å². The standard InChI is InChI=1S/3C6H9O2.Al/c3*1-3-6(4-7)5(2)8;/h3*6H,3H2,1-2H3;. The lowest BCUT2D eigenvalue weighted by Gasteiger charge is -2.21. The molecular formula is C18H27AlO6. The molecule has 0 saturated carbocycles. The third kappa shape index (κ3) is 5.79. The Bertz CT molecular complexity index is 499. The van der Waals surface area contributed by atoms with Crippen molar-refractivity contribution in [3.05, 3.63) is 0 Å². The first-order valence-corrected chi connectivity index (χ1v) is 10.4. The lowest BCUT2D eigenvalue weighted by Crippen LogP contribution is -2.54. The van der Waals surface area contributed by atoms with Gasteiger partial charge < -0.3 is 14.4 Å². The third-order valence-corrected chi connectivity index (χ3v) is 7.50. The van der Waals surface area contributed by atoms with Crippen LogP contribution in [0.3, 0.4) is 0 Å². The molecule has 0 aliphatic rings. The zero-order chi connectivity index (χ0) is 19.9. The van der Waals surface area contributed by atoms with Gasteiger partial charge in [-0.05, 0) is 40.0 Å². The van der Waals surface area contributed by atoms with E-state index in [-0.39, 0.29) is 19.3 Å². The SMILES string of the molecule is CCC(C(C)=O)[C](=O)[Al]([C](=O)C(CC)C(C)=O)[C](=O)C(CC)C(C)=O. The Morgan fingerprint density at radius 3 is 0.880 bits per heavy atom. The molecule has 7 heteroatoms. The van der Waals surface area contributed by atoms with Crippen LogP contribution in [0.2, 0.25) is 0 Å². The molecule has 3 unspecified atom stereocenters. The number of carbonyl (C=O) groups is 6. The quantitative estimate of drug-likeness (QED) is 0.384. The fraction of sp³-hybridized carbons (Fsp3) is 0.667. The van der Waals surface area contributed by atoms with E-state index >= 15 is 0 Å². The molecule has 0 amide bonds. The molecule has 0 rings (SSSR count). The summed E-state index contributed by atoms with van der Waals surface area (Å²) in [6.45, 7) is 8.64. The van der Waals surface area contributed by atoms with Gasteiger partial charge in [0, 0.05) is 0 Å². The van der Waals surface area contributed by atoms with Crippen LogP contribution in [-0.2, 0) is 28.8 Å². The van der Waals surface area contributed by atoms with Crippen LogP contribution < -0.4 is 0 Å². The average molecular weight is 366 g/mol. The minimum atomic E-state index is -3.49. The monoisotopic (exact) mass is 366 g/mol. The molecule has 0 bridgehead atoms. The van der Waals surface area contributed by atoms with E-state index in [9.17, 15) is 28.8 Å². The molecule has 0 heterocycles. The fourth-order valence-corrected chi connectivity index (χ4v) is 6.55. The molecule has 0 aromatic rings. The predicted molar refractivity (Wildman–Crippen MR) is 94.2 cm³/mol. The van der Waals surface area contributed by atoms with Crippen LogP contribution >= 0.6 is 0 Å². The molecule has 0 fully saturated rings. The van der Waals surface area contributed by atoms with E-state index in [0.717, 1.165) is 0 Å². The maximum absolute atomic E-state index is 12.9. The van der Waals surface area contributed by atoms with E-state index in [0.29, 0.717) is 0 Å². The Morgan fingerprint density at radius 2 is 0.760 bits per heavy atom. The number of hydrogen-bond acceptors (Lipinski definition) is 6. The zero-order valence-corrected chi connectivity index (χ0v) is 17.0. The second kappa shape index (κ2) is 10.5. The summed E-state index contributed by atoms with van der Waals surface area (Å²) in [5.74, 6) is -4.30. The summed E-state index contributed by atoms with van der Waals surface area (Å²) in [7, 11) is 0. The van der Waals surface area contributed by atoms with Crippen LogP contribution in [0.4, 0.5) is 0 Å². The summed E-state index contributed by atoms with van der Waals surface area (Å²) in [6, 6.07) is 0. The Labute approximate surface area is 153 Å². The molecule has 0 aliphatic carbocycles. The predicted octanol–water partition coefficient (Wildman–Crippen LogP) is 1.65. The van der Waals surface area contributed by atoms with Crippen LogP contribution in [0.15, 0.2) is 0 Å². The smallest absolute Gasteiger partial charge is 0.319 e. The summed E-state index contributed by atoms with van der Waals surface area (Å²) >= 11 is -3.49. The van der Waals surface area contributed by atoms with Crippen LogP contribution in [0.5, 0.6) is 0 Å². The molecule has 0 N–H and O–H groups in total. The molecule has 0 radical (unpaired) electrons. The van der Waals surface area contributed by atoms with Crippen molar-refractivity contribution >= 4 is 45.4 Å². The van der Waals surface area contributed by atoms with Gasteiger partial charge in [-0.2, -0.15) is 0 Å². The summed E-state index contributed by atoms with van der Waals surface area (Å²) in [4.78, 5) is 73.9. The second-order valence-corrected chi connectivity index (χ2v) is 8.93.